The van der Waals surface area contributed by atoms with Crippen LogP contribution in [0, 0.1) is 19.7 Å². The van der Waals surface area contributed by atoms with Crippen molar-refractivity contribution in [3.05, 3.63) is 29.1 Å². The maximum absolute atomic E-state index is 12.7. The summed E-state index contributed by atoms with van der Waals surface area (Å²) in [5.41, 5.74) is 1.12. The molecule has 0 spiro atoms. The van der Waals surface area contributed by atoms with Crippen molar-refractivity contribution < 1.29 is 17.9 Å². The minimum atomic E-state index is -2.92. The molecule has 0 amide bonds. The average Bonchev–Trinajstić information content (AvgIpc) is 1.98. The van der Waals surface area contributed by atoms with Crippen molar-refractivity contribution in [2.45, 2.75) is 20.5 Å². The zero-order valence-corrected chi connectivity index (χ0v) is 7.27. The largest absolute Gasteiger partial charge is 0.434 e. The van der Waals surface area contributed by atoms with E-state index < -0.39 is 12.4 Å². The molecule has 1 nitrogen and oxygen atoms in total. The van der Waals surface area contributed by atoms with Gasteiger partial charge in [0.25, 0.3) is 0 Å². The lowest BCUT2D eigenvalue weighted by Gasteiger charge is -2.09. The van der Waals surface area contributed by atoms with Crippen molar-refractivity contribution in [3.63, 3.8) is 0 Å². The summed E-state index contributed by atoms with van der Waals surface area (Å²) >= 11 is 0. The van der Waals surface area contributed by atoms with Crippen LogP contribution in [0.25, 0.3) is 0 Å². The van der Waals surface area contributed by atoms with E-state index in [9.17, 15) is 13.2 Å². The molecule has 0 aliphatic heterocycles. The Morgan fingerprint density at radius 3 is 2.38 bits per heavy atom. The van der Waals surface area contributed by atoms with Crippen molar-refractivity contribution in [1.29, 1.82) is 0 Å². The molecule has 1 aromatic carbocycles. The summed E-state index contributed by atoms with van der Waals surface area (Å²) in [7, 11) is 0. The Morgan fingerprint density at radius 2 is 1.85 bits per heavy atom. The first-order valence-electron chi connectivity index (χ1n) is 3.72. The second-order valence-corrected chi connectivity index (χ2v) is 2.72. The Hall–Kier alpha value is -1.19. The maximum atomic E-state index is 12.7. The number of halogens is 3. The Labute approximate surface area is 74.1 Å². The average molecular weight is 190 g/mol. The van der Waals surface area contributed by atoms with Gasteiger partial charge in [0.05, 0.1) is 0 Å². The third-order valence-electron chi connectivity index (χ3n) is 1.80. The zero-order valence-electron chi connectivity index (χ0n) is 7.27. The highest BCUT2D eigenvalue weighted by atomic mass is 19.3. The predicted molar refractivity (Wildman–Crippen MR) is 42.5 cm³/mol. The third kappa shape index (κ3) is 2.37. The van der Waals surface area contributed by atoms with Gasteiger partial charge in [-0.25, -0.2) is 4.39 Å². The fourth-order valence-corrected chi connectivity index (χ4v) is 1.00. The van der Waals surface area contributed by atoms with E-state index in [4.69, 9.17) is 0 Å². The molecule has 0 fully saturated rings. The fraction of sp³-hybridized carbons (Fsp3) is 0.333. The summed E-state index contributed by atoms with van der Waals surface area (Å²) < 4.78 is 40.5. The lowest BCUT2D eigenvalue weighted by molar-refractivity contribution is -0.0504. The fourth-order valence-electron chi connectivity index (χ4n) is 1.00. The summed E-state index contributed by atoms with van der Waals surface area (Å²) in [4.78, 5) is 0. The molecule has 1 aromatic rings. The van der Waals surface area contributed by atoms with Crippen molar-refractivity contribution in [1.82, 2.24) is 0 Å². The molecule has 1 rings (SSSR count). The summed E-state index contributed by atoms with van der Waals surface area (Å²) in [5.74, 6) is -0.675. The Morgan fingerprint density at radius 1 is 1.23 bits per heavy atom. The first-order chi connectivity index (χ1) is 6.00. The standard InChI is InChI=1S/C9H9F3O/c1-5-3-7(10)4-8(6(5)2)13-9(11)12/h3-4,9H,1-2H3. The molecule has 0 atom stereocenters. The molecular formula is C9H9F3O. The Balaban J connectivity index is 3.05. The van der Waals surface area contributed by atoms with Crippen molar-refractivity contribution >= 4 is 0 Å². The zero-order chi connectivity index (χ0) is 10.0. The van der Waals surface area contributed by atoms with Crippen molar-refractivity contribution in [3.8, 4) is 5.75 Å². The van der Waals surface area contributed by atoms with Gasteiger partial charge in [0.1, 0.15) is 11.6 Å². The molecule has 0 aliphatic carbocycles. The quantitative estimate of drug-likeness (QED) is 0.696. The van der Waals surface area contributed by atoms with Crippen molar-refractivity contribution in [2.24, 2.45) is 0 Å². The van der Waals surface area contributed by atoms with E-state index in [1.807, 2.05) is 0 Å². The maximum Gasteiger partial charge on any atom is 0.387 e. The van der Waals surface area contributed by atoms with Gasteiger partial charge in [-0.05, 0) is 31.0 Å². The second-order valence-electron chi connectivity index (χ2n) is 2.72. The normalized spacial score (nSPS) is 10.6. The molecule has 13 heavy (non-hydrogen) atoms. The number of hydrogen-bond acceptors (Lipinski definition) is 1. The highest BCUT2D eigenvalue weighted by molar-refractivity contribution is 5.38. The van der Waals surface area contributed by atoms with Crippen LogP contribution in [0.2, 0.25) is 0 Å². The van der Waals surface area contributed by atoms with Crippen LogP contribution in [0.5, 0.6) is 5.75 Å². The van der Waals surface area contributed by atoms with E-state index in [0.717, 1.165) is 6.07 Å². The molecular weight excluding hydrogens is 181 g/mol. The minimum absolute atomic E-state index is 0.104. The van der Waals surface area contributed by atoms with Gasteiger partial charge in [-0.2, -0.15) is 8.78 Å². The van der Waals surface area contributed by atoms with E-state index in [1.54, 1.807) is 13.8 Å². The lowest BCUT2D eigenvalue weighted by Crippen LogP contribution is -2.04. The van der Waals surface area contributed by atoms with Gasteiger partial charge in [-0.3, -0.25) is 0 Å². The van der Waals surface area contributed by atoms with E-state index in [2.05, 4.69) is 4.74 Å². The molecule has 0 aromatic heterocycles. The number of rotatable bonds is 2. The second kappa shape index (κ2) is 3.68. The minimum Gasteiger partial charge on any atom is -0.434 e. The highest BCUT2D eigenvalue weighted by Crippen LogP contribution is 2.24. The van der Waals surface area contributed by atoms with Crippen LogP contribution in [0.15, 0.2) is 12.1 Å². The first-order valence-corrected chi connectivity index (χ1v) is 3.72. The third-order valence-corrected chi connectivity index (χ3v) is 1.80. The predicted octanol–water partition coefficient (Wildman–Crippen LogP) is 3.04. The van der Waals surface area contributed by atoms with Crippen LogP contribution in [0.4, 0.5) is 13.2 Å². The SMILES string of the molecule is Cc1cc(F)cc(OC(F)F)c1C. The van der Waals surface area contributed by atoms with Gasteiger partial charge >= 0.3 is 6.61 Å². The molecule has 0 saturated heterocycles. The topological polar surface area (TPSA) is 9.23 Å². The smallest absolute Gasteiger partial charge is 0.387 e. The van der Waals surface area contributed by atoms with Crippen LogP contribution in [0.1, 0.15) is 11.1 Å². The van der Waals surface area contributed by atoms with E-state index in [-0.39, 0.29) is 5.75 Å². The van der Waals surface area contributed by atoms with Gasteiger partial charge < -0.3 is 4.74 Å². The number of hydrogen-bond donors (Lipinski definition) is 0. The van der Waals surface area contributed by atoms with E-state index >= 15 is 0 Å². The molecule has 0 radical (unpaired) electrons. The van der Waals surface area contributed by atoms with Gasteiger partial charge in [0, 0.05) is 6.07 Å². The highest BCUT2D eigenvalue weighted by Gasteiger charge is 2.10. The molecule has 0 saturated carbocycles. The van der Waals surface area contributed by atoms with Crippen LogP contribution in [0.3, 0.4) is 0 Å². The number of aryl methyl sites for hydroxylation is 1. The molecule has 0 aliphatic rings. The Bertz CT molecular complexity index is 310. The first kappa shape index (κ1) is 9.89. The lowest BCUT2D eigenvalue weighted by atomic mass is 10.1. The van der Waals surface area contributed by atoms with Gasteiger partial charge in [-0.15, -0.1) is 0 Å². The molecule has 0 N–H and O–H groups in total. The summed E-state index contributed by atoms with van der Waals surface area (Å²) in [5, 5.41) is 0. The van der Waals surface area contributed by atoms with Crippen LogP contribution >= 0.6 is 0 Å². The summed E-state index contributed by atoms with van der Waals surface area (Å²) in [6.45, 7) is 0.323. The number of benzene rings is 1. The molecule has 4 heteroatoms. The van der Waals surface area contributed by atoms with Crippen molar-refractivity contribution in [2.75, 3.05) is 0 Å². The van der Waals surface area contributed by atoms with Gasteiger partial charge in [0.15, 0.2) is 0 Å². The number of alkyl halides is 2. The molecule has 0 unspecified atom stereocenters. The molecule has 72 valence electrons. The van der Waals surface area contributed by atoms with Gasteiger partial charge in [0.2, 0.25) is 0 Å². The molecule has 0 bridgehead atoms. The van der Waals surface area contributed by atoms with E-state index in [0.29, 0.717) is 11.1 Å². The molecule has 0 heterocycles. The monoisotopic (exact) mass is 190 g/mol. The summed E-state index contributed by atoms with van der Waals surface area (Å²) in [6, 6.07) is 2.22. The van der Waals surface area contributed by atoms with E-state index in [1.165, 1.54) is 6.07 Å². The van der Waals surface area contributed by atoms with Gasteiger partial charge in [-0.1, -0.05) is 0 Å². The Kier molecular flexibility index (Phi) is 2.80. The van der Waals surface area contributed by atoms with Crippen LogP contribution in [-0.4, -0.2) is 6.61 Å². The van der Waals surface area contributed by atoms with Crippen LogP contribution < -0.4 is 4.74 Å². The summed E-state index contributed by atoms with van der Waals surface area (Å²) in [6.07, 6.45) is 0. The number of ether oxygens (including phenoxy) is 1. The van der Waals surface area contributed by atoms with Crippen LogP contribution in [-0.2, 0) is 0 Å².